The standard InChI is InChI=1S/C10H16O2/c1-3-4-5-6-7-8-9-10(11)12-2/h4-5,8-9H,3,6-7H2,1-2H3. The number of allylic oxidation sites excluding steroid dienone is 3. The monoisotopic (exact) mass is 168 g/mol. The Labute approximate surface area is 73.9 Å². The molecule has 0 radical (unpaired) electrons. The highest BCUT2D eigenvalue weighted by molar-refractivity contribution is 5.81. The van der Waals surface area contributed by atoms with Gasteiger partial charge in [-0.3, -0.25) is 0 Å². The van der Waals surface area contributed by atoms with Crippen LogP contribution in [0, 0.1) is 0 Å². The maximum Gasteiger partial charge on any atom is 0.330 e. The number of carbonyl (C=O) groups is 1. The van der Waals surface area contributed by atoms with Crippen molar-refractivity contribution in [1.29, 1.82) is 0 Å². The molecule has 0 saturated carbocycles. The van der Waals surface area contributed by atoms with E-state index in [4.69, 9.17) is 0 Å². The Hall–Kier alpha value is -1.05. The molecule has 0 saturated heterocycles. The molecular formula is C10H16O2. The lowest BCUT2D eigenvalue weighted by atomic mass is 10.2. The van der Waals surface area contributed by atoms with Gasteiger partial charge >= 0.3 is 5.97 Å². The summed E-state index contributed by atoms with van der Waals surface area (Å²) >= 11 is 0. The molecule has 0 spiro atoms. The van der Waals surface area contributed by atoms with Gasteiger partial charge in [0.15, 0.2) is 0 Å². The Morgan fingerprint density at radius 3 is 2.50 bits per heavy atom. The molecule has 0 aromatic heterocycles. The van der Waals surface area contributed by atoms with Crippen LogP contribution in [0.3, 0.4) is 0 Å². The Morgan fingerprint density at radius 2 is 1.92 bits per heavy atom. The van der Waals surface area contributed by atoms with Crippen LogP contribution in [0.2, 0.25) is 0 Å². The molecule has 0 N–H and O–H groups in total. The van der Waals surface area contributed by atoms with E-state index in [0.29, 0.717) is 0 Å². The molecule has 0 amide bonds. The molecule has 0 aromatic rings. The van der Waals surface area contributed by atoms with Crippen molar-refractivity contribution in [2.45, 2.75) is 26.2 Å². The maximum absolute atomic E-state index is 10.6. The van der Waals surface area contributed by atoms with Gasteiger partial charge in [0.05, 0.1) is 7.11 Å². The van der Waals surface area contributed by atoms with Crippen LogP contribution >= 0.6 is 0 Å². The molecule has 68 valence electrons. The van der Waals surface area contributed by atoms with Crippen LogP contribution in [0.5, 0.6) is 0 Å². The molecule has 0 aromatic carbocycles. The summed E-state index contributed by atoms with van der Waals surface area (Å²) in [6.07, 6.45) is 10.5. The third kappa shape index (κ3) is 7.06. The molecule has 0 aliphatic heterocycles. The van der Waals surface area contributed by atoms with Crippen LogP contribution in [0.1, 0.15) is 26.2 Å². The molecule has 0 heterocycles. The summed E-state index contributed by atoms with van der Waals surface area (Å²) in [5.74, 6) is -0.283. The van der Waals surface area contributed by atoms with Crippen molar-refractivity contribution < 1.29 is 9.53 Å². The SMILES string of the molecule is CCC=CCCC=CC(=O)OC. The van der Waals surface area contributed by atoms with Crippen LogP contribution in [0.4, 0.5) is 0 Å². The minimum absolute atomic E-state index is 0.283. The van der Waals surface area contributed by atoms with Gasteiger partial charge in [-0.2, -0.15) is 0 Å². The number of esters is 1. The van der Waals surface area contributed by atoms with E-state index in [0.717, 1.165) is 19.3 Å². The second kappa shape index (κ2) is 8.05. The van der Waals surface area contributed by atoms with Crippen molar-refractivity contribution in [2.24, 2.45) is 0 Å². The first-order chi connectivity index (χ1) is 5.81. The average Bonchev–Trinajstić information content (AvgIpc) is 2.10. The molecule has 0 aliphatic rings. The summed E-state index contributed by atoms with van der Waals surface area (Å²) in [4.78, 5) is 10.6. The van der Waals surface area contributed by atoms with E-state index >= 15 is 0 Å². The fourth-order valence-electron chi connectivity index (χ4n) is 0.725. The molecule has 0 unspecified atom stereocenters. The number of methoxy groups -OCH3 is 1. The van der Waals surface area contributed by atoms with Gasteiger partial charge in [-0.25, -0.2) is 4.79 Å². The molecule has 0 fully saturated rings. The molecule has 0 rings (SSSR count). The van der Waals surface area contributed by atoms with Gasteiger partial charge in [-0.1, -0.05) is 25.2 Å². The zero-order chi connectivity index (χ0) is 9.23. The normalized spacial score (nSPS) is 11.2. The van der Waals surface area contributed by atoms with Crippen molar-refractivity contribution >= 4 is 5.97 Å². The van der Waals surface area contributed by atoms with E-state index in [2.05, 4.69) is 23.8 Å². The first kappa shape index (κ1) is 11.0. The van der Waals surface area contributed by atoms with Gasteiger partial charge in [-0.05, 0) is 19.3 Å². The topological polar surface area (TPSA) is 26.3 Å². The number of carbonyl (C=O) groups excluding carboxylic acids is 1. The first-order valence-corrected chi connectivity index (χ1v) is 4.20. The highest BCUT2D eigenvalue weighted by atomic mass is 16.5. The lowest BCUT2D eigenvalue weighted by Crippen LogP contribution is -1.93. The zero-order valence-corrected chi connectivity index (χ0v) is 7.75. The smallest absolute Gasteiger partial charge is 0.330 e. The Morgan fingerprint density at radius 1 is 1.25 bits per heavy atom. The minimum Gasteiger partial charge on any atom is -0.466 e. The van der Waals surface area contributed by atoms with Crippen molar-refractivity contribution in [3.8, 4) is 0 Å². The summed E-state index contributed by atoms with van der Waals surface area (Å²) in [6, 6.07) is 0. The zero-order valence-electron chi connectivity index (χ0n) is 7.75. The molecule has 2 nitrogen and oxygen atoms in total. The summed E-state index contributed by atoms with van der Waals surface area (Å²) in [5.41, 5.74) is 0. The molecule has 0 aliphatic carbocycles. The van der Waals surface area contributed by atoms with E-state index in [1.165, 1.54) is 13.2 Å². The fraction of sp³-hybridized carbons (Fsp3) is 0.500. The van der Waals surface area contributed by atoms with Gasteiger partial charge in [0.25, 0.3) is 0 Å². The maximum atomic E-state index is 10.6. The molecule has 2 heteroatoms. The third-order valence-corrected chi connectivity index (χ3v) is 1.36. The van der Waals surface area contributed by atoms with Crippen molar-refractivity contribution in [1.82, 2.24) is 0 Å². The van der Waals surface area contributed by atoms with Gasteiger partial charge in [0.2, 0.25) is 0 Å². The van der Waals surface area contributed by atoms with Crippen molar-refractivity contribution in [2.75, 3.05) is 7.11 Å². The highest BCUT2D eigenvalue weighted by Crippen LogP contribution is 1.94. The van der Waals surface area contributed by atoms with Crippen molar-refractivity contribution in [3.63, 3.8) is 0 Å². The second-order valence-corrected chi connectivity index (χ2v) is 2.38. The predicted octanol–water partition coefficient (Wildman–Crippen LogP) is 2.46. The number of hydrogen-bond donors (Lipinski definition) is 0. The van der Waals surface area contributed by atoms with E-state index < -0.39 is 0 Å². The van der Waals surface area contributed by atoms with E-state index in [9.17, 15) is 4.79 Å². The van der Waals surface area contributed by atoms with Gasteiger partial charge < -0.3 is 4.74 Å². The van der Waals surface area contributed by atoms with E-state index in [1.807, 2.05) is 6.08 Å². The van der Waals surface area contributed by atoms with Crippen LogP contribution in [-0.2, 0) is 9.53 Å². The van der Waals surface area contributed by atoms with E-state index in [-0.39, 0.29) is 5.97 Å². The Bertz CT molecular complexity index is 169. The quantitative estimate of drug-likeness (QED) is 0.273. The number of ether oxygens (including phenoxy) is 1. The summed E-state index contributed by atoms with van der Waals surface area (Å²) < 4.78 is 4.43. The largest absolute Gasteiger partial charge is 0.466 e. The summed E-state index contributed by atoms with van der Waals surface area (Å²) in [5, 5.41) is 0. The van der Waals surface area contributed by atoms with E-state index in [1.54, 1.807) is 0 Å². The lowest BCUT2D eigenvalue weighted by molar-refractivity contribution is -0.134. The first-order valence-electron chi connectivity index (χ1n) is 4.20. The fourth-order valence-corrected chi connectivity index (χ4v) is 0.725. The summed E-state index contributed by atoms with van der Waals surface area (Å²) in [7, 11) is 1.38. The van der Waals surface area contributed by atoms with Crippen LogP contribution in [-0.4, -0.2) is 13.1 Å². The van der Waals surface area contributed by atoms with Gasteiger partial charge in [0, 0.05) is 6.08 Å². The van der Waals surface area contributed by atoms with Gasteiger partial charge in [-0.15, -0.1) is 0 Å². The number of rotatable bonds is 5. The minimum atomic E-state index is -0.283. The van der Waals surface area contributed by atoms with Gasteiger partial charge in [0.1, 0.15) is 0 Å². The molecule has 0 bridgehead atoms. The molecular weight excluding hydrogens is 152 g/mol. The third-order valence-electron chi connectivity index (χ3n) is 1.36. The van der Waals surface area contributed by atoms with Crippen LogP contribution in [0.25, 0.3) is 0 Å². The van der Waals surface area contributed by atoms with Crippen LogP contribution < -0.4 is 0 Å². The number of unbranched alkanes of at least 4 members (excludes halogenated alkanes) is 1. The number of hydrogen-bond acceptors (Lipinski definition) is 2. The second-order valence-electron chi connectivity index (χ2n) is 2.38. The summed E-state index contributed by atoms with van der Waals surface area (Å²) in [6.45, 7) is 2.10. The Balaban J connectivity index is 3.36. The average molecular weight is 168 g/mol. The van der Waals surface area contributed by atoms with Crippen LogP contribution in [0.15, 0.2) is 24.3 Å². The lowest BCUT2D eigenvalue weighted by Gasteiger charge is -1.88. The molecule has 0 atom stereocenters. The molecule has 12 heavy (non-hydrogen) atoms. The highest BCUT2D eigenvalue weighted by Gasteiger charge is 1.87. The van der Waals surface area contributed by atoms with Crippen molar-refractivity contribution in [3.05, 3.63) is 24.3 Å². The Kier molecular flexibility index (Phi) is 7.35. The predicted molar refractivity (Wildman–Crippen MR) is 49.8 cm³/mol.